The summed E-state index contributed by atoms with van der Waals surface area (Å²) in [7, 11) is 0. The van der Waals surface area contributed by atoms with E-state index in [1.807, 2.05) is 36.7 Å². The van der Waals surface area contributed by atoms with Crippen LogP contribution in [0.25, 0.3) is 11.4 Å². The van der Waals surface area contributed by atoms with Crippen molar-refractivity contribution in [1.82, 2.24) is 19.8 Å². The van der Waals surface area contributed by atoms with Crippen LogP contribution in [0.1, 0.15) is 32.8 Å². The molecule has 1 N–H and O–H groups in total. The Hall–Kier alpha value is -1.53. The molecular formula is C22H31ClN4O. The molecule has 28 heavy (non-hydrogen) atoms. The first kappa shape index (κ1) is 21.2. The van der Waals surface area contributed by atoms with Gasteiger partial charge in [0.15, 0.2) is 5.82 Å². The van der Waals surface area contributed by atoms with E-state index in [1.54, 1.807) is 0 Å². The van der Waals surface area contributed by atoms with E-state index in [4.69, 9.17) is 11.6 Å². The van der Waals surface area contributed by atoms with E-state index < -0.39 is 0 Å². The molecule has 2 heterocycles. The van der Waals surface area contributed by atoms with Crippen LogP contribution >= 0.6 is 11.6 Å². The molecule has 3 rings (SSSR count). The van der Waals surface area contributed by atoms with Gasteiger partial charge in [0.05, 0.1) is 0 Å². The highest BCUT2D eigenvalue weighted by molar-refractivity contribution is 6.30. The standard InChI is InChI=1S/C22H31ClN4O/c1-22(2,3)16-27-10-9-26(15-20(27)8-11-28)14-17-12-24-21(25-13-17)18-4-6-19(23)7-5-18/h4-7,12-13,20,28H,8-11,14-16H2,1-3H3. The van der Waals surface area contributed by atoms with Gasteiger partial charge in [-0.15, -0.1) is 0 Å². The van der Waals surface area contributed by atoms with Crippen LogP contribution in [0.15, 0.2) is 36.7 Å². The molecule has 1 aromatic carbocycles. The molecule has 0 amide bonds. The van der Waals surface area contributed by atoms with Crippen molar-refractivity contribution in [3.8, 4) is 11.4 Å². The molecule has 6 heteroatoms. The quantitative estimate of drug-likeness (QED) is 0.798. The summed E-state index contributed by atoms with van der Waals surface area (Å²) in [6, 6.07) is 7.97. The topological polar surface area (TPSA) is 52.5 Å². The van der Waals surface area contributed by atoms with Gasteiger partial charge in [-0.2, -0.15) is 0 Å². The van der Waals surface area contributed by atoms with Crippen LogP contribution in [0.3, 0.4) is 0 Å². The van der Waals surface area contributed by atoms with Crippen molar-refractivity contribution < 1.29 is 5.11 Å². The SMILES string of the molecule is CC(C)(C)CN1CCN(Cc2cnc(-c3ccc(Cl)cc3)nc2)CC1CCO. The first-order valence-corrected chi connectivity index (χ1v) is 10.4. The van der Waals surface area contributed by atoms with E-state index in [1.165, 1.54) is 0 Å². The minimum Gasteiger partial charge on any atom is -0.396 e. The third kappa shape index (κ3) is 5.98. The number of aliphatic hydroxyl groups is 1. The smallest absolute Gasteiger partial charge is 0.159 e. The van der Waals surface area contributed by atoms with Crippen LogP contribution in [-0.2, 0) is 6.54 Å². The van der Waals surface area contributed by atoms with Crippen LogP contribution in [0.2, 0.25) is 5.02 Å². The zero-order chi connectivity index (χ0) is 20.1. The van der Waals surface area contributed by atoms with E-state index in [0.717, 1.165) is 50.3 Å². The lowest BCUT2D eigenvalue weighted by Gasteiger charge is -2.43. The van der Waals surface area contributed by atoms with Gasteiger partial charge in [0.1, 0.15) is 0 Å². The minimum atomic E-state index is 0.234. The number of rotatable bonds is 6. The fraction of sp³-hybridized carbons (Fsp3) is 0.545. The summed E-state index contributed by atoms with van der Waals surface area (Å²) in [6.07, 6.45) is 4.65. The third-order valence-corrected chi connectivity index (χ3v) is 5.29. The molecule has 152 valence electrons. The Kier molecular flexibility index (Phi) is 7.05. The maximum absolute atomic E-state index is 9.49. The highest BCUT2D eigenvalue weighted by Crippen LogP contribution is 2.22. The van der Waals surface area contributed by atoms with Gasteiger partial charge in [-0.1, -0.05) is 32.4 Å². The number of aliphatic hydroxyl groups excluding tert-OH is 1. The number of hydrogen-bond acceptors (Lipinski definition) is 5. The molecule has 0 saturated carbocycles. The van der Waals surface area contributed by atoms with E-state index >= 15 is 0 Å². The van der Waals surface area contributed by atoms with Gasteiger partial charge in [-0.3, -0.25) is 9.80 Å². The van der Waals surface area contributed by atoms with Crippen LogP contribution in [-0.4, -0.2) is 63.7 Å². The van der Waals surface area contributed by atoms with Crippen molar-refractivity contribution >= 4 is 11.6 Å². The molecule has 1 atom stereocenters. The number of benzene rings is 1. The predicted octanol–water partition coefficient (Wildman–Crippen LogP) is 3.71. The van der Waals surface area contributed by atoms with E-state index in [9.17, 15) is 5.11 Å². The van der Waals surface area contributed by atoms with E-state index in [2.05, 4.69) is 40.5 Å². The zero-order valence-corrected chi connectivity index (χ0v) is 17.9. The summed E-state index contributed by atoms with van der Waals surface area (Å²) in [6.45, 7) is 12.0. The molecule has 0 radical (unpaired) electrons. The maximum atomic E-state index is 9.49. The monoisotopic (exact) mass is 402 g/mol. The fourth-order valence-corrected chi connectivity index (χ4v) is 3.91. The second kappa shape index (κ2) is 9.31. The summed E-state index contributed by atoms with van der Waals surface area (Å²) in [5.41, 5.74) is 2.35. The second-order valence-corrected chi connectivity index (χ2v) is 9.29. The summed E-state index contributed by atoms with van der Waals surface area (Å²) in [5.74, 6) is 0.716. The third-order valence-electron chi connectivity index (χ3n) is 5.04. The molecule has 1 aliphatic rings. The second-order valence-electron chi connectivity index (χ2n) is 8.85. The maximum Gasteiger partial charge on any atom is 0.159 e. The first-order valence-electron chi connectivity index (χ1n) is 9.98. The summed E-state index contributed by atoms with van der Waals surface area (Å²) in [4.78, 5) is 14.0. The lowest BCUT2D eigenvalue weighted by Crippen LogP contribution is -2.54. The molecule has 5 nitrogen and oxygen atoms in total. The normalized spacial score (nSPS) is 19.1. The zero-order valence-electron chi connectivity index (χ0n) is 17.1. The molecule has 0 bridgehead atoms. The molecule has 1 fully saturated rings. The molecule has 0 spiro atoms. The Morgan fingerprint density at radius 3 is 2.39 bits per heavy atom. The average Bonchev–Trinajstić information content (AvgIpc) is 2.64. The van der Waals surface area contributed by atoms with Gasteiger partial charge in [-0.05, 0) is 36.1 Å². The fourth-order valence-electron chi connectivity index (χ4n) is 3.78. The van der Waals surface area contributed by atoms with E-state index in [-0.39, 0.29) is 12.0 Å². The van der Waals surface area contributed by atoms with Crippen molar-refractivity contribution in [3.05, 3.63) is 47.2 Å². The molecule has 1 aromatic heterocycles. The van der Waals surface area contributed by atoms with Gasteiger partial charge in [0.25, 0.3) is 0 Å². The molecule has 0 aliphatic carbocycles. The van der Waals surface area contributed by atoms with Crippen LogP contribution < -0.4 is 0 Å². The molecule has 1 saturated heterocycles. The minimum absolute atomic E-state index is 0.234. The lowest BCUT2D eigenvalue weighted by atomic mass is 9.94. The van der Waals surface area contributed by atoms with Gasteiger partial charge >= 0.3 is 0 Å². The average molecular weight is 403 g/mol. The van der Waals surface area contributed by atoms with Crippen LogP contribution in [0.4, 0.5) is 0 Å². The first-order chi connectivity index (χ1) is 13.3. The van der Waals surface area contributed by atoms with Crippen molar-refractivity contribution in [1.29, 1.82) is 0 Å². The number of nitrogens with zero attached hydrogens (tertiary/aromatic N) is 4. The number of hydrogen-bond donors (Lipinski definition) is 1. The Labute approximate surface area is 173 Å². The van der Waals surface area contributed by atoms with Crippen LogP contribution in [0, 0.1) is 5.41 Å². The molecule has 2 aromatic rings. The highest BCUT2D eigenvalue weighted by atomic mass is 35.5. The number of piperazine rings is 1. The molecule has 1 aliphatic heterocycles. The molecular weight excluding hydrogens is 372 g/mol. The van der Waals surface area contributed by atoms with E-state index in [0.29, 0.717) is 16.9 Å². The van der Waals surface area contributed by atoms with Gasteiger partial charge in [0.2, 0.25) is 0 Å². The van der Waals surface area contributed by atoms with Crippen LogP contribution in [0.5, 0.6) is 0 Å². The Morgan fingerprint density at radius 1 is 1.11 bits per heavy atom. The summed E-state index contributed by atoms with van der Waals surface area (Å²) >= 11 is 5.95. The Morgan fingerprint density at radius 2 is 1.79 bits per heavy atom. The lowest BCUT2D eigenvalue weighted by molar-refractivity contribution is 0.0339. The largest absolute Gasteiger partial charge is 0.396 e. The van der Waals surface area contributed by atoms with Crippen molar-refractivity contribution in [3.63, 3.8) is 0 Å². The number of halogens is 1. The van der Waals surface area contributed by atoms with Gasteiger partial charge in [-0.25, -0.2) is 9.97 Å². The summed E-state index contributed by atoms with van der Waals surface area (Å²) < 4.78 is 0. The summed E-state index contributed by atoms with van der Waals surface area (Å²) in [5, 5.41) is 10.2. The van der Waals surface area contributed by atoms with Crippen molar-refractivity contribution in [2.75, 3.05) is 32.8 Å². The molecule has 1 unspecified atom stereocenters. The Bertz CT molecular complexity index is 743. The van der Waals surface area contributed by atoms with Crippen molar-refractivity contribution in [2.45, 2.75) is 39.8 Å². The Balaban J connectivity index is 1.61. The van der Waals surface area contributed by atoms with Gasteiger partial charge in [0, 0.05) is 73.9 Å². The van der Waals surface area contributed by atoms with Crippen molar-refractivity contribution in [2.24, 2.45) is 5.41 Å². The number of aromatic nitrogens is 2. The highest BCUT2D eigenvalue weighted by Gasteiger charge is 2.29. The predicted molar refractivity (Wildman–Crippen MR) is 114 cm³/mol. The van der Waals surface area contributed by atoms with Gasteiger partial charge < -0.3 is 5.11 Å².